The molecule has 0 bridgehead atoms. The first-order valence-electron chi connectivity index (χ1n) is 6.48. The molecule has 106 valence electrons. The van der Waals surface area contributed by atoms with Gasteiger partial charge in [-0.1, -0.05) is 20.8 Å². The summed E-state index contributed by atoms with van der Waals surface area (Å²) in [5.74, 6) is 0.696. The minimum Gasteiger partial charge on any atom is -0.496 e. The highest BCUT2D eigenvalue weighted by atomic mass is 16.5. The molecule has 0 spiro atoms. The van der Waals surface area contributed by atoms with Gasteiger partial charge in [0, 0.05) is 23.7 Å². The topological polar surface area (TPSA) is 64.3 Å². The maximum atomic E-state index is 12.0. The summed E-state index contributed by atoms with van der Waals surface area (Å²) in [6, 6.07) is 5.44. The molecule has 0 fully saturated rings. The average Bonchev–Trinajstić information content (AvgIpc) is 2.34. The Kier molecular flexibility index (Phi) is 4.95. The number of ether oxygens (including phenoxy) is 1. The first kappa shape index (κ1) is 15.5. The standard InChI is InChI=1S/C15H24N2O2/c1-10(16)9-17-14(18)11-6-7-13(19-5)12(8-11)15(2,3)4/h6-8,10H,9,16H2,1-5H3,(H,17,18). The van der Waals surface area contributed by atoms with Gasteiger partial charge >= 0.3 is 0 Å². The van der Waals surface area contributed by atoms with Gasteiger partial charge in [-0.2, -0.15) is 0 Å². The van der Waals surface area contributed by atoms with Crippen molar-refractivity contribution in [2.24, 2.45) is 5.73 Å². The van der Waals surface area contributed by atoms with E-state index in [0.717, 1.165) is 11.3 Å². The van der Waals surface area contributed by atoms with Crippen LogP contribution in [-0.4, -0.2) is 25.6 Å². The summed E-state index contributed by atoms with van der Waals surface area (Å²) in [5.41, 5.74) is 7.20. The quantitative estimate of drug-likeness (QED) is 0.875. The summed E-state index contributed by atoms with van der Waals surface area (Å²) >= 11 is 0. The number of hydrogen-bond acceptors (Lipinski definition) is 3. The van der Waals surface area contributed by atoms with Gasteiger partial charge in [0.25, 0.3) is 5.91 Å². The van der Waals surface area contributed by atoms with E-state index in [1.807, 2.05) is 19.1 Å². The molecule has 1 aromatic carbocycles. The van der Waals surface area contributed by atoms with Crippen molar-refractivity contribution < 1.29 is 9.53 Å². The van der Waals surface area contributed by atoms with E-state index in [0.29, 0.717) is 12.1 Å². The summed E-state index contributed by atoms with van der Waals surface area (Å²) < 4.78 is 5.35. The Hall–Kier alpha value is -1.55. The number of nitrogens with two attached hydrogens (primary N) is 1. The van der Waals surface area contributed by atoms with Crippen molar-refractivity contribution in [3.8, 4) is 5.75 Å². The molecule has 0 aromatic heterocycles. The molecule has 1 aromatic rings. The van der Waals surface area contributed by atoms with E-state index in [2.05, 4.69) is 26.1 Å². The Morgan fingerprint density at radius 2 is 2.05 bits per heavy atom. The Labute approximate surface area is 115 Å². The maximum Gasteiger partial charge on any atom is 0.251 e. The maximum absolute atomic E-state index is 12.0. The summed E-state index contributed by atoms with van der Waals surface area (Å²) in [7, 11) is 1.64. The van der Waals surface area contributed by atoms with Gasteiger partial charge in [-0.25, -0.2) is 0 Å². The summed E-state index contributed by atoms with van der Waals surface area (Å²) in [5, 5.41) is 2.81. The molecule has 0 radical (unpaired) electrons. The van der Waals surface area contributed by atoms with Crippen LogP contribution < -0.4 is 15.8 Å². The van der Waals surface area contributed by atoms with Crippen LogP contribution in [0.1, 0.15) is 43.6 Å². The van der Waals surface area contributed by atoms with E-state index in [9.17, 15) is 4.79 Å². The third kappa shape index (κ3) is 4.24. The fraction of sp³-hybridized carbons (Fsp3) is 0.533. The Bertz CT molecular complexity index is 448. The van der Waals surface area contributed by atoms with Gasteiger partial charge in [0.05, 0.1) is 7.11 Å². The molecule has 0 aliphatic heterocycles. The van der Waals surface area contributed by atoms with Crippen LogP contribution in [0.3, 0.4) is 0 Å². The van der Waals surface area contributed by atoms with Crippen LogP contribution >= 0.6 is 0 Å². The van der Waals surface area contributed by atoms with Gasteiger partial charge in [-0.3, -0.25) is 4.79 Å². The van der Waals surface area contributed by atoms with E-state index < -0.39 is 0 Å². The monoisotopic (exact) mass is 264 g/mol. The van der Waals surface area contributed by atoms with Gasteiger partial charge in [0.15, 0.2) is 0 Å². The van der Waals surface area contributed by atoms with Crippen molar-refractivity contribution in [1.29, 1.82) is 0 Å². The van der Waals surface area contributed by atoms with Crippen LogP contribution in [0.15, 0.2) is 18.2 Å². The van der Waals surface area contributed by atoms with Gasteiger partial charge in [0.2, 0.25) is 0 Å². The summed E-state index contributed by atoms with van der Waals surface area (Å²) in [6.07, 6.45) is 0. The van der Waals surface area contributed by atoms with Crippen molar-refractivity contribution in [3.63, 3.8) is 0 Å². The Balaban J connectivity index is 3.01. The molecule has 0 aliphatic rings. The minimum absolute atomic E-state index is 0.0516. The smallest absolute Gasteiger partial charge is 0.251 e. The number of methoxy groups -OCH3 is 1. The molecule has 1 amide bonds. The van der Waals surface area contributed by atoms with Crippen molar-refractivity contribution in [2.45, 2.75) is 39.2 Å². The number of benzene rings is 1. The summed E-state index contributed by atoms with van der Waals surface area (Å²) in [4.78, 5) is 12.0. The van der Waals surface area contributed by atoms with Crippen LogP contribution in [0.2, 0.25) is 0 Å². The average molecular weight is 264 g/mol. The number of carbonyl (C=O) groups is 1. The molecular weight excluding hydrogens is 240 g/mol. The van der Waals surface area contributed by atoms with Crippen molar-refractivity contribution >= 4 is 5.91 Å². The highest BCUT2D eigenvalue weighted by Crippen LogP contribution is 2.31. The number of carbonyl (C=O) groups excluding carboxylic acids is 1. The zero-order chi connectivity index (χ0) is 14.6. The first-order valence-corrected chi connectivity index (χ1v) is 6.48. The molecule has 0 aliphatic carbocycles. The van der Waals surface area contributed by atoms with Crippen molar-refractivity contribution in [1.82, 2.24) is 5.32 Å². The second-order valence-corrected chi connectivity index (χ2v) is 5.85. The second kappa shape index (κ2) is 6.06. The lowest BCUT2D eigenvalue weighted by molar-refractivity contribution is 0.0951. The van der Waals surface area contributed by atoms with Crippen LogP contribution in [0.4, 0.5) is 0 Å². The zero-order valence-corrected chi connectivity index (χ0v) is 12.4. The highest BCUT2D eigenvalue weighted by Gasteiger charge is 2.20. The van der Waals surface area contributed by atoms with Gasteiger partial charge in [-0.15, -0.1) is 0 Å². The largest absolute Gasteiger partial charge is 0.496 e. The molecule has 4 nitrogen and oxygen atoms in total. The third-order valence-electron chi connectivity index (χ3n) is 2.85. The summed E-state index contributed by atoms with van der Waals surface area (Å²) in [6.45, 7) is 8.60. The molecule has 1 atom stereocenters. The Morgan fingerprint density at radius 3 is 2.53 bits per heavy atom. The predicted molar refractivity (Wildman–Crippen MR) is 77.7 cm³/mol. The lowest BCUT2D eigenvalue weighted by Crippen LogP contribution is -2.35. The molecule has 0 saturated heterocycles. The molecular formula is C15H24N2O2. The molecule has 4 heteroatoms. The molecule has 1 rings (SSSR count). The number of amides is 1. The van der Waals surface area contributed by atoms with E-state index >= 15 is 0 Å². The second-order valence-electron chi connectivity index (χ2n) is 5.85. The van der Waals surface area contributed by atoms with E-state index in [1.165, 1.54) is 0 Å². The first-order chi connectivity index (χ1) is 8.75. The highest BCUT2D eigenvalue weighted by molar-refractivity contribution is 5.94. The van der Waals surface area contributed by atoms with Gasteiger partial charge in [-0.05, 0) is 30.5 Å². The number of rotatable bonds is 4. The Morgan fingerprint density at radius 1 is 1.42 bits per heavy atom. The van der Waals surface area contributed by atoms with E-state index in [4.69, 9.17) is 10.5 Å². The molecule has 0 heterocycles. The van der Waals surface area contributed by atoms with Gasteiger partial charge < -0.3 is 15.8 Å². The fourth-order valence-electron chi connectivity index (χ4n) is 1.79. The third-order valence-corrected chi connectivity index (χ3v) is 2.85. The van der Waals surface area contributed by atoms with Crippen LogP contribution in [0.25, 0.3) is 0 Å². The predicted octanol–water partition coefficient (Wildman–Crippen LogP) is 2.07. The van der Waals surface area contributed by atoms with E-state index in [-0.39, 0.29) is 17.4 Å². The normalized spacial score (nSPS) is 12.9. The molecule has 19 heavy (non-hydrogen) atoms. The molecule has 1 unspecified atom stereocenters. The van der Waals surface area contributed by atoms with Crippen LogP contribution in [0.5, 0.6) is 5.75 Å². The van der Waals surface area contributed by atoms with Crippen LogP contribution in [-0.2, 0) is 5.41 Å². The molecule has 3 N–H and O–H groups in total. The van der Waals surface area contributed by atoms with Gasteiger partial charge in [0.1, 0.15) is 5.75 Å². The minimum atomic E-state index is -0.106. The zero-order valence-electron chi connectivity index (χ0n) is 12.4. The fourth-order valence-corrected chi connectivity index (χ4v) is 1.79. The van der Waals surface area contributed by atoms with Crippen LogP contribution in [0, 0.1) is 0 Å². The van der Waals surface area contributed by atoms with Crippen molar-refractivity contribution in [2.75, 3.05) is 13.7 Å². The lowest BCUT2D eigenvalue weighted by atomic mass is 9.85. The number of nitrogens with one attached hydrogen (secondary N) is 1. The number of hydrogen-bond donors (Lipinski definition) is 2. The van der Waals surface area contributed by atoms with Crippen molar-refractivity contribution in [3.05, 3.63) is 29.3 Å². The van der Waals surface area contributed by atoms with E-state index in [1.54, 1.807) is 13.2 Å². The molecule has 0 saturated carbocycles. The SMILES string of the molecule is COc1ccc(C(=O)NCC(C)N)cc1C(C)(C)C. The lowest BCUT2D eigenvalue weighted by Gasteiger charge is -2.22.